The van der Waals surface area contributed by atoms with E-state index in [2.05, 4.69) is 19.1 Å². The minimum absolute atomic E-state index is 0. The van der Waals surface area contributed by atoms with Crippen molar-refractivity contribution in [1.29, 1.82) is 0 Å². The van der Waals surface area contributed by atoms with Gasteiger partial charge in [0, 0.05) is 12.4 Å². The average molecular weight is 483 g/mol. The van der Waals surface area contributed by atoms with Gasteiger partial charge in [0.15, 0.2) is 0 Å². The number of unbranched alkanes of at least 4 members (excludes halogenated alkanes) is 12. The molecule has 0 rings (SSSR count). The molecule has 0 aromatic carbocycles. The molecule has 192 valence electrons. The van der Waals surface area contributed by atoms with Crippen LogP contribution in [0.1, 0.15) is 110 Å². The Morgan fingerprint density at radius 3 is 1.56 bits per heavy atom. The highest BCUT2D eigenvalue weighted by atomic mass is 32.2. The number of hydrogen-bond donors (Lipinski definition) is 3. The second kappa shape index (κ2) is 20.1. The number of hydrogen-bond acceptors (Lipinski definition) is 6. The van der Waals surface area contributed by atoms with Gasteiger partial charge in [0.05, 0.1) is 5.97 Å². The molecule has 0 spiro atoms. The van der Waals surface area contributed by atoms with Crippen molar-refractivity contribution in [3.8, 4) is 0 Å². The predicted octanol–water partition coefficient (Wildman–Crippen LogP) is 3.68. The highest BCUT2D eigenvalue weighted by Gasteiger charge is 2.44. The number of carbonyl (C=O) groups is 2. The van der Waals surface area contributed by atoms with Gasteiger partial charge < -0.3 is 32.1 Å². The van der Waals surface area contributed by atoms with Gasteiger partial charge in [0.1, 0.15) is 4.75 Å². The predicted molar refractivity (Wildman–Crippen MR) is 125 cm³/mol. The highest BCUT2D eigenvalue weighted by Crippen LogP contribution is 2.28. The van der Waals surface area contributed by atoms with Gasteiger partial charge in [-0.15, -0.1) is 0 Å². The lowest BCUT2D eigenvalue weighted by molar-refractivity contribution is -0.319. The molecule has 0 aliphatic heterocycles. The fraction of sp³-hybridized carbons (Fsp3) is 0.818. The van der Waals surface area contributed by atoms with E-state index in [4.69, 9.17) is 0 Å². The summed E-state index contributed by atoms with van der Waals surface area (Å²) < 4.78 is 29.3. The summed E-state index contributed by atoms with van der Waals surface area (Å²) in [4.78, 5) is 22.0. The minimum Gasteiger partial charge on any atom is -0.550 e. The van der Waals surface area contributed by atoms with Crippen molar-refractivity contribution >= 4 is 22.1 Å². The first kappa shape index (κ1) is 35.1. The first-order valence-corrected chi connectivity index (χ1v) is 12.6. The summed E-state index contributed by atoms with van der Waals surface area (Å²) >= 11 is 0. The fourth-order valence-corrected chi connectivity index (χ4v) is 4.39. The Labute approximate surface area is 194 Å². The molecule has 1 atom stereocenters. The molecular weight excluding hydrogens is 436 g/mol. The van der Waals surface area contributed by atoms with Crippen LogP contribution in [0.5, 0.6) is 0 Å². The molecule has 0 radical (unpaired) electrons. The SMILES string of the molecule is CCCCCCCC/C=C\CCCCCCCCC(CC(=O)[O-])(C(=O)[O-])S(=O)(=O)O.[NH4+].[NH4+]. The van der Waals surface area contributed by atoms with Crippen LogP contribution >= 0.6 is 0 Å². The van der Waals surface area contributed by atoms with Gasteiger partial charge in [-0.1, -0.05) is 83.3 Å². The van der Waals surface area contributed by atoms with Crippen LogP contribution < -0.4 is 22.5 Å². The van der Waals surface area contributed by atoms with E-state index < -0.39 is 39.6 Å². The minimum atomic E-state index is -5.13. The van der Waals surface area contributed by atoms with Crippen molar-refractivity contribution in [3.05, 3.63) is 12.2 Å². The van der Waals surface area contributed by atoms with E-state index in [0.29, 0.717) is 6.42 Å². The molecule has 9 N–H and O–H groups in total. The largest absolute Gasteiger partial charge is 0.550 e. The Hall–Kier alpha value is -1.49. The van der Waals surface area contributed by atoms with Crippen LogP contribution in [-0.2, 0) is 19.7 Å². The van der Waals surface area contributed by atoms with Crippen LogP contribution in [-0.4, -0.2) is 29.7 Å². The second-order valence-corrected chi connectivity index (χ2v) is 9.73. The third kappa shape index (κ3) is 15.3. The average Bonchev–Trinajstić information content (AvgIpc) is 2.65. The Kier molecular flexibility index (Phi) is 22.1. The highest BCUT2D eigenvalue weighted by molar-refractivity contribution is 7.88. The van der Waals surface area contributed by atoms with Crippen molar-refractivity contribution in [2.24, 2.45) is 0 Å². The van der Waals surface area contributed by atoms with E-state index in [9.17, 15) is 32.8 Å². The molecule has 0 aliphatic rings. The van der Waals surface area contributed by atoms with Crippen LogP contribution in [0, 0.1) is 0 Å². The Morgan fingerprint density at radius 2 is 1.19 bits per heavy atom. The summed E-state index contributed by atoms with van der Waals surface area (Å²) in [5, 5.41) is 22.0. The van der Waals surface area contributed by atoms with Crippen molar-refractivity contribution in [2.75, 3.05) is 0 Å². The zero-order valence-corrected chi connectivity index (χ0v) is 21.1. The second-order valence-electron chi connectivity index (χ2n) is 7.99. The van der Waals surface area contributed by atoms with E-state index >= 15 is 0 Å². The lowest BCUT2D eigenvalue weighted by atomic mass is 9.96. The number of carbonyl (C=O) groups excluding carboxylic acids is 2. The van der Waals surface area contributed by atoms with E-state index in [1.165, 1.54) is 38.5 Å². The number of carboxylic acids is 2. The Bertz CT molecular complexity index is 624. The third-order valence-electron chi connectivity index (χ3n) is 5.39. The monoisotopic (exact) mass is 482 g/mol. The summed E-state index contributed by atoms with van der Waals surface area (Å²) in [5.41, 5.74) is 0. The van der Waals surface area contributed by atoms with Crippen LogP contribution in [0.25, 0.3) is 0 Å². The fourth-order valence-electron chi connectivity index (χ4n) is 3.48. The number of carboxylic acid groups (broad SMARTS) is 2. The third-order valence-corrected chi connectivity index (χ3v) is 6.89. The van der Waals surface area contributed by atoms with Crippen molar-refractivity contribution in [3.63, 3.8) is 0 Å². The molecule has 10 heteroatoms. The lowest BCUT2D eigenvalue weighted by Crippen LogP contribution is -2.56. The molecule has 0 saturated carbocycles. The van der Waals surface area contributed by atoms with Gasteiger partial charge in [0.25, 0.3) is 10.1 Å². The van der Waals surface area contributed by atoms with E-state index in [0.717, 1.165) is 38.5 Å². The Balaban J connectivity index is -0.00000420. The normalized spacial score (nSPS) is 13.2. The van der Waals surface area contributed by atoms with Crippen LogP contribution in [0.3, 0.4) is 0 Å². The Morgan fingerprint density at radius 1 is 0.781 bits per heavy atom. The molecule has 0 aromatic rings. The zero-order valence-electron chi connectivity index (χ0n) is 20.3. The molecule has 0 amide bonds. The summed E-state index contributed by atoms with van der Waals surface area (Å²) in [6, 6.07) is 0. The molecule has 0 aromatic heterocycles. The lowest BCUT2D eigenvalue weighted by Gasteiger charge is -2.31. The zero-order chi connectivity index (χ0) is 22.9. The topological polar surface area (TPSA) is 208 Å². The van der Waals surface area contributed by atoms with Crippen LogP contribution in [0.2, 0.25) is 0 Å². The van der Waals surface area contributed by atoms with Gasteiger partial charge in [-0.05, 0) is 32.1 Å². The molecule has 9 nitrogen and oxygen atoms in total. The summed E-state index contributed by atoms with van der Waals surface area (Å²) in [6.45, 7) is 2.22. The molecule has 0 fully saturated rings. The maximum absolute atomic E-state index is 11.5. The molecule has 0 bridgehead atoms. The van der Waals surface area contributed by atoms with Gasteiger partial charge in [-0.25, -0.2) is 0 Å². The molecule has 0 aliphatic carbocycles. The quantitative estimate of drug-likeness (QED) is 0.133. The van der Waals surface area contributed by atoms with Crippen LogP contribution in [0.15, 0.2) is 12.2 Å². The molecular formula is C22H46N2O7S. The molecule has 0 saturated heterocycles. The molecule has 1 unspecified atom stereocenters. The first-order chi connectivity index (χ1) is 14.2. The van der Waals surface area contributed by atoms with E-state index in [1.807, 2.05) is 0 Å². The first-order valence-electron chi connectivity index (χ1n) is 11.2. The standard InChI is InChI=1S/C22H40O7S.2H3N/c1-2-3-4-5-6-7-8-9-10-11-12-13-14-15-16-17-18-22(21(25)26,19-20(23)24)30(27,28)29;;/h9-10H,2-8,11-19H2,1H3,(H,23,24)(H,25,26)(H,27,28,29);2*1H3/b10-9-;;. The molecule has 32 heavy (non-hydrogen) atoms. The van der Waals surface area contributed by atoms with Gasteiger partial charge in [-0.3, -0.25) is 4.55 Å². The van der Waals surface area contributed by atoms with E-state index in [-0.39, 0.29) is 18.7 Å². The summed E-state index contributed by atoms with van der Waals surface area (Å²) in [6.07, 6.45) is 17.1. The van der Waals surface area contributed by atoms with Crippen LogP contribution in [0.4, 0.5) is 0 Å². The summed E-state index contributed by atoms with van der Waals surface area (Å²) in [7, 11) is -5.13. The maximum atomic E-state index is 11.5. The van der Waals surface area contributed by atoms with Crippen molar-refractivity contribution < 1.29 is 32.8 Å². The van der Waals surface area contributed by atoms with Gasteiger partial charge in [-0.2, -0.15) is 8.42 Å². The maximum Gasteiger partial charge on any atom is 0.276 e. The number of aliphatic carboxylic acids is 2. The summed E-state index contributed by atoms with van der Waals surface area (Å²) in [5.74, 6) is -3.97. The van der Waals surface area contributed by atoms with Gasteiger partial charge >= 0.3 is 0 Å². The number of allylic oxidation sites excluding steroid dienone is 2. The molecule has 0 heterocycles. The van der Waals surface area contributed by atoms with Crippen molar-refractivity contribution in [2.45, 2.75) is 114 Å². The number of rotatable bonds is 20. The smallest absolute Gasteiger partial charge is 0.276 e. The van der Waals surface area contributed by atoms with E-state index in [1.54, 1.807) is 0 Å². The number of quaternary nitrogens is 2. The van der Waals surface area contributed by atoms with Crippen molar-refractivity contribution in [1.82, 2.24) is 12.3 Å². The van der Waals surface area contributed by atoms with Gasteiger partial charge in [0.2, 0.25) is 0 Å².